The van der Waals surface area contributed by atoms with Gasteiger partial charge in [0, 0.05) is 58.4 Å². The number of guanidine groups is 1. The Morgan fingerprint density at radius 2 is 2.07 bits per heavy atom. The quantitative estimate of drug-likeness (QED) is 0.174. The smallest absolute Gasteiger partial charge is 0.218 e. The molecule has 0 unspecified atom stereocenters. The van der Waals surface area contributed by atoms with Gasteiger partial charge in [-0.25, -0.2) is 9.98 Å². The Morgan fingerprint density at radius 1 is 1.23 bits per heavy atom. The molecule has 2 N–H and O–H groups in total. The molecule has 0 aliphatic carbocycles. The zero-order valence-corrected chi connectivity index (χ0v) is 20.6. The Bertz CT molecular complexity index is 586. The van der Waals surface area contributed by atoms with Crippen LogP contribution in [0.3, 0.4) is 0 Å². The van der Waals surface area contributed by atoms with Crippen molar-refractivity contribution in [3.05, 3.63) is 23.9 Å². The minimum absolute atomic E-state index is 0. The Kier molecular flexibility index (Phi) is 15.7. The standard InChI is InChI=1S/C21H36N4O4.HI/c1-3-22-21(24-10-5-11-28-17-18-7-12-27-13-8-18)25-16-19-6-4-9-23-20(19)29-15-14-26-2;/h4,6,9,18H,3,5,7-8,10-17H2,1-2H3,(H2,22,24,25);1H. The highest BCUT2D eigenvalue weighted by Gasteiger charge is 2.13. The number of aliphatic imine (C=N–C) groups is 1. The van der Waals surface area contributed by atoms with Crippen LogP contribution in [0.15, 0.2) is 23.3 Å². The van der Waals surface area contributed by atoms with Crippen LogP contribution in [0.4, 0.5) is 0 Å². The van der Waals surface area contributed by atoms with Crippen LogP contribution in [0.5, 0.6) is 5.88 Å². The molecule has 2 rings (SSSR count). The van der Waals surface area contributed by atoms with Gasteiger partial charge in [-0.15, -0.1) is 24.0 Å². The van der Waals surface area contributed by atoms with Crippen LogP contribution in [-0.4, -0.2) is 70.8 Å². The van der Waals surface area contributed by atoms with Crippen molar-refractivity contribution in [2.75, 3.05) is 59.8 Å². The molecular weight excluding hydrogens is 499 g/mol. The second-order valence-corrected chi connectivity index (χ2v) is 6.92. The van der Waals surface area contributed by atoms with Gasteiger partial charge in [-0.1, -0.05) is 6.07 Å². The monoisotopic (exact) mass is 536 g/mol. The third-order valence-corrected chi connectivity index (χ3v) is 4.58. The number of aromatic nitrogens is 1. The lowest BCUT2D eigenvalue weighted by molar-refractivity contribution is 0.0203. The molecule has 0 bridgehead atoms. The van der Waals surface area contributed by atoms with Crippen LogP contribution in [0.25, 0.3) is 0 Å². The summed E-state index contributed by atoms with van der Waals surface area (Å²) in [5.41, 5.74) is 0.945. The van der Waals surface area contributed by atoms with Crippen LogP contribution < -0.4 is 15.4 Å². The number of ether oxygens (including phenoxy) is 4. The van der Waals surface area contributed by atoms with E-state index < -0.39 is 0 Å². The first-order valence-electron chi connectivity index (χ1n) is 10.6. The van der Waals surface area contributed by atoms with Crippen LogP contribution in [0.1, 0.15) is 31.7 Å². The predicted molar refractivity (Wildman–Crippen MR) is 129 cm³/mol. The van der Waals surface area contributed by atoms with Gasteiger partial charge in [0.05, 0.1) is 13.2 Å². The van der Waals surface area contributed by atoms with Crippen molar-refractivity contribution < 1.29 is 18.9 Å². The highest BCUT2D eigenvalue weighted by molar-refractivity contribution is 14.0. The molecule has 1 aliphatic heterocycles. The van der Waals surface area contributed by atoms with Gasteiger partial charge in [0.25, 0.3) is 0 Å². The fraction of sp³-hybridized carbons (Fsp3) is 0.714. The molecule has 172 valence electrons. The summed E-state index contributed by atoms with van der Waals surface area (Å²) >= 11 is 0. The first-order valence-corrected chi connectivity index (χ1v) is 10.6. The number of nitrogens with zero attached hydrogens (tertiary/aromatic N) is 2. The maximum atomic E-state index is 5.82. The van der Waals surface area contributed by atoms with E-state index in [1.165, 1.54) is 0 Å². The van der Waals surface area contributed by atoms with E-state index >= 15 is 0 Å². The van der Waals surface area contributed by atoms with E-state index in [0.29, 0.717) is 31.6 Å². The van der Waals surface area contributed by atoms with Gasteiger partial charge >= 0.3 is 0 Å². The summed E-state index contributed by atoms with van der Waals surface area (Å²) in [6.07, 6.45) is 4.88. The number of rotatable bonds is 13. The fourth-order valence-corrected chi connectivity index (χ4v) is 2.95. The number of halogens is 1. The van der Waals surface area contributed by atoms with Crippen LogP contribution >= 0.6 is 24.0 Å². The minimum Gasteiger partial charge on any atom is -0.475 e. The van der Waals surface area contributed by atoms with Crippen LogP contribution in [0.2, 0.25) is 0 Å². The van der Waals surface area contributed by atoms with E-state index in [1.54, 1.807) is 13.3 Å². The molecule has 0 radical (unpaired) electrons. The van der Waals surface area contributed by atoms with E-state index in [1.807, 2.05) is 12.1 Å². The molecule has 0 saturated carbocycles. The molecule has 1 aromatic rings. The lowest BCUT2D eigenvalue weighted by Gasteiger charge is -2.21. The summed E-state index contributed by atoms with van der Waals surface area (Å²) in [6.45, 7) is 8.48. The van der Waals surface area contributed by atoms with Gasteiger partial charge in [-0.2, -0.15) is 0 Å². The molecule has 0 amide bonds. The highest BCUT2D eigenvalue weighted by atomic mass is 127. The highest BCUT2D eigenvalue weighted by Crippen LogP contribution is 2.15. The topological polar surface area (TPSA) is 86.2 Å². The summed E-state index contributed by atoms with van der Waals surface area (Å²) < 4.78 is 21.9. The fourth-order valence-electron chi connectivity index (χ4n) is 2.95. The van der Waals surface area contributed by atoms with Crippen molar-refractivity contribution in [2.24, 2.45) is 10.9 Å². The molecule has 8 nitrogen and oxygen atoms in total. The Balaban J connectivity index is 0.00000450. The second-order valence-electron chi connectivity index (χ2n) is 6.92. The average Bonchev–Trinajstić information content (AvgIpc) is 2.76. The molecule has 1 aliphatic rings. The minimum atomic E-state index is 0. The summed E-state index contributed by atoms with van der Waals surface area (Å²) in [4.78, 5) is 8.95. The van der Waals surface area contributed by atoms with E-state index in [-0.39, 0.29) is 24.0 Å². The Hall–Kier alpha value is -1.17. The molecule has 0 spiro atoms. The maximum absolute atomic E-state index is 5.82. The molecular formula is C21H37IN4O4. The predicted octanol–water partition coefficient (Wildman–Crippen LogP) is 2.61. The first-order chi connectivity index (χ1) is 14.3. The molecule has 1 saturated heterocycles. The number of pyridine rings is 1. The maximum Gasteiger partial charge on any atom is 0.218 e. The number of nitrogens with one attached hydrogen (secondary N) is 2. The van der Waals surface area contributed by atoms with E-state index in [0.717, 1.165) is 70.3 Å². The van der Waals surface area contributed by atoms with E-state index in [9.17, 15) is 0 Å². The number of hydrogen-bond donors (Lipinski definition) is 2. The normalized spacial score (nSPS) is 14.8. The van der Waals surface area contributed by atoms with Crippen molar-refractivity contribution in [3.63, 3.8) is 0 Å². The van der Waals surface area contributed by atoms with Gasteiger partial charge in [0.15, 0.2) is 5.96 Å². The van der Waals surface area contributed by atoms with E-state index in [2.05, 4.69) is 27.5 Å². The van der Waals surface area contributed by atoms with Crippen molar-refractivity contribution in [1.29, 1.82) is 0 Å². The first kappa shape index (κ1) is 26.9. The molecule has 2 heterocycles. The molecule has 0 atom stereocenters. The molecule has 1 fully saturated rings. The molecule has 9 heteroatoms. The number of hydrogen-bond acceptors (Lipinski definition) is 6. The van der Waals surface area contributed by atoms with Gasteiger partial charge in [0.1, 0.15) is 6.61 Å². The molecule has 1 aromatic heterocycles. The van der Waals surface area contributed by atoms with Gasteiger partial charge in [-0.05, 0) is 38.2 Å². The molecule has 0 aromatic carbocycles. The summed E-state index contributed by atoms with van der Waals surface area (Å²) in [5.74, 6) is 2.03. The van der Waals surface area contributed by atoms with E-state index in [4.69, 9.17) is 18.9 Å². The summed E-state index contributed by atoms with van der Waals surface area (Å²) in [6, 6.07) is 3.87. The Labute approximate surface area is 197 Å². The third-order valence-electron chi connectivity index (χ3n) is 4.58. The zero-order chi connectivity index (χ0) is 20.6. The summed E-state index contributed by atoms with van der Waals surface area (Å²) in [7, 11) is 1.65. The lowest BCUT2D eigenvalue weighted by Crippen LogP contribution is -2.38. The van der Waals surface area contributed by atoms with Crippen LogP contribution in [0, 0.1) is 5.92 Å². The van der Waals surface area contributed by atoms with Gasteiger partial charge < -0.3 is 29.6 Å². The van der Waals surface area contributed by atoms with Gasteiger partial charge in [-0.3, -0.25) is 0 Å². The second kappa shape index (κ2) is 17.5. The molecule has 30 heavy (non-hydrogen) atoms. The SMILES string of the molecule is CCNC(=NCc1cccnc1OCCOC)NCCCOCC1CCOCC1.I. The number of methoxy groups -OCH3 is 1. The van der Waals surface area contributed by atoms with Gasteiger partial charge in [0.2, 0.25) is 5.88 Å². The van der Waals surface area contributed by atoms with Crippen molar-refractivity contribution in [2.45, 2.75) is 32.7 Å². The Morgan fingerprint density at radius 3 is 2.83 bits per heavy atom. The van der Waals surface area contributed by atoms with Crippen molar-refractivity contribution in [3.8, 4) is 5.88 Å². The van der Waals surface area contributed by atoms with Crippen LogP contribution in [-0.2, 0) is 20.8 Å². The zero-order valence-electron chi connectivity index (χ0n) is 18.2. The summed E-state index contributed by atoms with van der Waals surface area (Å²) in [5, 5.41) is 6.63. The average molecular weight is 536 g/mol. The largest absolute Gasteiger partial charge is 0.475 e. The van der Waals surface area contributed by atoms with Crippen molar-refractivity contribution >= 4 is 29.9 Å². The third kappa shape index (κ3) is 11.3. The lowest BCUT2D eigenvalue weighted by atomic mass is 10.0. The van der Waals surface area contributed by atoms with Crippen molar-refractivity contribution in [1.82, 2.24) is 15.6 Å².